The fourth-order valence-electron chi connectivity index (χ4n) is 2.07. The fraction of sp³-hybridized carbons (Fsp3) is 0.188. The molecule has 0 radical (unpaired) electrons. The molecule has 0 aromatic heterocycles. The summed E-state index contributed by atoms with van der Waals surface area (Å²) in [4.78, 5) is 11.7. The summed E-state index contributed by atoms with van der Waals surface area (Å²) < 4.78 is 13.3. The molecule has 0 heterocycles. The van der Waals surface area contributed by atoms with Gasteiger partial charge in [-0.15, -0.1) is 0 Å². The third-order valence-electron chi connectivity index (χ3n) is 3.13. The van der Waals surface area contributed by atoms with E-state index in [2.05, 4.69) is 5.32 Å². The van der Waals surface area contributed by atoms with Gasteiger partial charge in [-0.3, -0.25) is 4.79 Å². The van der Waals surface area contributed by atoms with Crippen molar-refractivity contribution in [3.63, 3.8) is 0 Å². The average Bonchev–Trinajstić information content (AvgIpc) is 2.39. The molecule has 0 saturated carbocycles. The highest BCUT2D eigenvalue weighted by molar-refractivity contribution is 5.84. The van der Waals surface area contributed by atoms with Crippen LogP contribution in [0.4, 0.5) is 10.1 Å². The summed E-state index contributed by atoms with van der Waals surface area (Å²) in [5.41, 5.74) is 8.46. The molecular formula is C16H17FN2O. The van der Waals surface area contributed by atoms with E-state index in [0.29, 0.717) is 11.1 Å². The van der Waals surface area contributed by atoms with Crippen molar-refractivity contribution in [1.29, 1.82) is 0 Å². The smallest absolute Gasteiger partial charge is 0.244 e. The Hall–Kier alpha value is -2.36. The van der Waals surface area contributed by atoms with Crippen LogP contribution in [0.3, 0.4) is 0 Å². The third kappa shape index (κ3) is 3.15. The van der Waals surface area contributed by atoms with E-state index < -0.39 is 11.9 Å². The van der Waals surface area contributed by atoms with Crippen molar-refractivity contribution in [1.82, 2.24) is 0 Å². The number of amides is 1. The molecule has 2 aromatic rings. The molecule has 2 aromatic carbocycles. The van der Waals surface area contributed by atoms with Gasteiger partial charge in [-0.25, -0.2) is 4.39 Å². The summed E-state index contributed by atoms with van der Waals surface area (Å²) in [6.45, 7) is 3.62. The number of halogens is 1. The number of hydrogen-bond donors (Lipinski definition) is 2. The molecule has 1 atom stereocenters. The van der Waals surface area contributed by atoms with Crippen molar-refractivity contribution in [3.8, 4) is 0 Å². The molecule has 0 saturated heterocycles. The first-order chi connectivity index (χ1) is 9.47. The largest absolute Gasteiger partial charge is 0.370 e. The first-order valence-corrected chi connectivity index (χ1v) is 6.36. The van der Waals surface area contributed by atoms with Gasteiger partial charge < -0.3 is 11.1 Å². The van der Waals surface area contributed by atoms with Gasteiger partial charge in [0.15, 0.2) is 0 Å². The molecule has 2 rings (SSSR count). The predicted molar refractivity (Wildman–Crippen MR) is 77.9 cm³/mol. The van der Waals surface area contributed by atoms with Crippen LogP contribution in [0.1, 0.15) is 22.7 Å². The number of hydrogen-bond acceptors (Lipinski definition) is 2. The average molecular weight is 272 g/mol. The van der Waals surface area contributed by atoms with Crippen LogP contribution in [0.5, 0.6) is 0 Å². The zero-order valence-electron chi connectivity index (χ0n) is 11.5. The van der Waals surface area contributed by atoms with E-state index in [1.54, 1.807) is 19.1 Å². The highest BCUT2D eigenvalue weighted by Gasteiger charge is 2.18. The van der Waals surface area contributed by atoms with E-state index in [1.165, 1.54) is 6.07 Å². The number of nitrogens with two attached hydrogens (primary N) is 1. The van der Waals surface area contributed by atoms with Gasteiger partial charge >= 0.3 is 0 Å². The Balaban J connectivity index is 2.32. The van der Waals surface area contributed by atoms with Crippen molar-refractivity contribution in [2.75, 3.05) is 5.32 Å². The van der Waals surface area contributed by atoms with Gasteiger partial charge in [0, 0.05) is 5.69 Å². The summed E-state index contributed by atoms with van der Waals surface area (Å²) in [7, 11) is 0. The molecule has 20 heavy (non-hydrogen) atoms. The van der Waals surface area contributed by atoms with E-state index in [0.717, 1.165) is 11.3 Å². The van der Waals surface area contributed by atoms with Crippen molar-refractivity contribution in [2.45, 2.75) is 19.9 Å². The minimum Gasteiger partial charge on any atom is -0.370 e. The van der Waals surface area contributed by atoms with Gasteiger partial charge in [-0.05, 0) is 48.7 Å². The summed E-state index contributed by atoms with van der Waals surface area (Å²) >= 11 is 0. The Bertz CT molecular complexity index is 640. The van der Waals surface area contributed by atoms with Gasteiger partial charge in [0.2, 0.25) is 5.91 Å². The molecule has 4 heteroatoms. The fourth-order valence-corrected chi connectivity index (χ4v) is 2.07. The minimum absolute atomic E-state index is 0.299. The first-order valence-electron chi connectivity index (χ1n) is 6.36. The summed E-state index contributed by atoms with van der Waals surface area (Å²) in [6.07, 6.45) is 0. The van der Waals surface area contributed by atoms with Crippen molar-refractivity contribution >= 4 is 11.6 Å². The van der Waals surface area contributed by atoms with Crippen molar-refractivity contribution < 1.29 is 9.18 Å². The Kier molecular flexibility index (Phi) is 4.03. The highest BCUT2D eigenvalue weighted by atomic mass is 19.1. The van der Waals surface area contributed by atoms with Gasteiger partial charge in [0.25, 0.3) is 0 Å². The molecular weight excluding hydrogens is 255 g/mol. The predicted octanol–water partition coefficient (Wildman–Crippen LogP) is 3.08. The number of anilines is 1. The van der Waals surface area contributed by atoms with E-state index in [9.17, 15) is 9.18 Å². The zero-order valence-corrected chi connectivity index (χ0v) is 11.5. The second-order valence-electron chi connectivity index (χ2n) is 4.86. The number of primary amides is 1. The maximum absolute atomic E-state index is 13.3. The van der Waals surface area contributed by atoms with Crippen molar-refractivity contribution in [3.05, 3.63) is 65.0 Å². The summed E-state index contributed by atoms with van der Waals surface area (Å²) in [6, 6.07) is 11.5. The van der Waals surface area contributed by atoms with Crippen LogP contribution in [-0.2, 0) is 4.79 Å². The van der Waals surface area contributed by atoms with E-state index in [4.69, 9.17) is 5.73 Å². The van der Waals surface area contributed by atoms with Gasteiger partial charge in [-0.2, -0.15) is 0 Å². The Morgan fingerprint density at radius 1 is 1.20 bits per heavy atom. The normalized spacial score (nSPS) is 11.9. The monoisotopic (exact) mass is 272 g/mol. The van der Waals surface area contributed by atoms with Crippen LogP contribution in [0, 0.1) is 19.7 Å². The van der Waals surface area contributed by atoms with E-state index >= 15 is 0 Å². The lowest BCUT2D eigenvalue weighted by Crippen LogP contribution is -2.27. The van der Waals surface area contributed by atoms with Gasteiger partial charge in [-0.1, -0.05) is 24.3 Å². The molecule has 3 nitrogen and oxygen atoms in total. The van der Waals surface area contributed by atoms with Crippen LogP contribution in [0.2, 0.25) is 0 Å². The molecule has 3 N–H and O–H groups in total. The lowest BCUT2D eigenvalue weighted by molar-refractivity contribution is -0.118. The summed E-state index contributed by atoms with van der Waals surface area (Å²) in [5.74, 6) is -0.801. The lowest BCUT2D eigenvalue weighted by atomic mass is 10.0. The number of carbonyl (C=O) groups excluding carboxylic acids is 1. The SMILES string of the molecule is Cc1cccc(NC(C(N)=O)c2ccc(F)c(C)c2)c1. The Morgan fingerprint density at radius 3 is 2.55 bits per heavy atom. The minimum atomic E-state index is -0.684. The van der Waals surface area contributed by atoms with Crippen LogP contribution in [0.15, 0.2) is 42.5 Å². The topological polar surface area (TPSA) is 55.1 Å². The van der Waals surface area contributed by atoms with Crippen LogP contribution < -0.4 is 11.1 Å². The molecule has 0 fully saturated rings. The lowest BCUT2D eigenvalue weighted by Gasteiger charge is -2.18. The second-order valence-corrected chi connectivity index (χ2v) is 4.86. The van der Waals surface area contributed by atoms with Gasteiger partial charge in [0.1, 0.15) is 11.9 Å². The maximum Gasteiger partial charge on any atom is 0.244 e. The standard InChI is InChI=1S/C16H17FN2O/c1-10-4-3-5-13(8-10)19-15(16(18)20)12-6-7-14(17)11(2)9-12/h3-9,15,19H,1-2H3,(H2,18,20). The second kappa shape index (κ2) is 5.74. The van der Waals surface area contributed by atoms with Gasteiger partial charge in [0.05, 0.1) is 0 Å². The molecule has 0 aliphatic rings. The number of rotatable bonds is 4. The number of nitrogens with one attached hydrogen (secondary N) is 1. The van der Waals surface area contributed by atoms with Crippen LogP contribution in [-0.4, -0.2) is 5.91 Å². The molecule has 0 spiro atoms. The molecule has 0 bridgehead atoms. The number of carbonyl (C=O) groups is 1. The third-order valence-corrected chi connectivity index (χ3v) is 3.13. The molecule has 0 aliphatic carbocycles. The maximum atomic E-state index is 13.3. The Labute approximate surface area is 117 Å². The van der Waals surface area contributed by atoms with E-state index in [1.807, 2.05) is 31.2 Å². The summed E-state index contributed by atoms with van der Waals surface area (Å²) in [5, 5.41) is 3.09. The number of aryl methyl sites for hydroxylation is 2. The Morgan fingerprint density at radius 2 is 1.95 bits per heavy atom. The highest BCUT2D eigenvalue weighted by Crippen LogP contribution is 2.22. The molecule has 104 valence electrons. The van der Waals surface area contributed by atoms with Crippen molar-refractivity contribution in [2.24, 2.45) is 5.73 Å². The van der Waals surface area contributed by atoms with Crippen LogP contribution in [0.25, 0.3) is 0 Å². The molecule has 1 amide bonds. The molecule has 0 aliphatic heterocycles. The zero-order chi connectivity index (χ0) is 14.7. The van der Waals surface area contributed by atoms with Crippen LogP contribution >= 0.6 is 0 Å². The quantitative estimate of drug-likeness (QED) is 0.898. The first kappa shape index (κ1) is 14.1. The molecule has 1 unspecified atom stereocenters. The number of benzene rings is 2. The van der Waals surface area contributed by atoms with E-state index in [-0.39, 0.29) is 5.82 Å².